The molecule has 3 nitrogen and oxygen atoms in total. The molecule has 0 saturated carbocycles. The van der Waals surface area contributed by atoms with E-state index in [4.69, 9.17) is 4.98 Å². The third kappa shape index (κ3) is 4.11. The Morgan fingerprint density at radius 3 is 2.24 bits per heavy atom. The zero-order chi connectivity index (χ0) is 15.5. The molecule has 1 aromatic carbocycles. The first-order valence-electron chi connectivity index (χ1n) is 7.42. The smallest absolute Gasteiger partial charge is 0.138 e. The van der Waals surface area contributed by atoms with Gasteiger partial charge >= 0.3 is 0 Å². The van der Waals surface area contributed by atoms with E-state index in [1.807, 2.05) is 18.3 Å². The Hall–Kier alpha value is -1.74. The molecule has 0 bridgehead atoms. The molecule has 2 aromatic rings. The summed E-state index contributed by atoms with van der Waals surface area (Å²) in [6.07, 6.45) is 1.85. The van der Waals surface area contributed by atoms with Crippen LogP contribution >= 0.6 is 0 Å². The van der Waals surface area contributed by atoms with Crippen LogP contribution in [0.5, 0.6) is 0 Å². The molecular formula is C18H25N3. The van der Waals surface area contributed by atoms with Gasteiger partial charge in [-0.25, -0.2) is 9.97 Å². The van der Waals surface area contributed by atoms with Crippen molar-refractivity contribution in [1.82, 2.24) is 15.3 Å². The zero-order valence-corrected chi connectivity index (χ0v) is 13.6. The van der Waals surface area contributed by atoms with Gasteiger partial charge in [0.15, 0.2) is 0 Å². The predicted molar refractivity (Wildman–Crippen MR) is 87.2 cm³/mol. The van der Waals surface area contributed by atoms with Crippen molar-refractivity contribution < 1.29 is 0 Å². The molecule has 0 unspecified atom stereocenters. The highest BCUT2D eigenvalue weighted by Crippen LogP contribution is 2.28. The summed E-state index contributed by atoms with van der Waals surface area (Å²) >= 11 is 0. The number of benzene rings is 1. The van der Waals surface area contributed by atoms with Crippen LogP contribution in [0, 0.1) is 0 Å². The molecule has 112 valence electrons. The van der Waals surface area contributed by atoms with Gasteiger partial charge in [0.05, 0.1) is 5.69 Å². The fraction of sp³-hybridized carbons (Fsp3) is 0.444. The van der Waals surface area contributed by atoms with Crippen molar-refractivity contribution in [1.29, 1.82) is 0 Å². The second-order valence-electron chi connectivity index (χ2n) is 6.97. The summed E-state index contributed by atoms with van der Waals surface area (Å²) in [7, 11) is 0. The van der Waals surface area contributed by atoms with Gasteiger partial charge in [-0.1, -0.05) is 30.3 Å². The maximum Gasteiger partial charge on any atom is 0.138 e. The molecule has 21 heavy (non-hydrogen) atoms. The maximum absolute atomic E-state index is 4.75. The lowest BCUT2D eigenvalue weighted by molar-refractivity contribution is 0.419. The Bertz CT molecular complexity index is 583. The molecule has 0 amide bonds. The Balaban J connectivity index is 2.24. The van der Waals surface area contributed by atoms with Crippen molar-refractivity contribution >= 4 is 0 Å². The molecule has 0 spiro atoms. The van der Waals surface area contributed by atoms with Gasteiger partial charge in [-0.2, -0.15) is 0 Å². The average Bonchev–Trinajstić information content (AvgIpc) is 2.46. The van der Waals surface area contributed by atoms with Gasteiger partial charge in [0.25, 0.3) is 0 Å². The lowest BCUT2D eigenvalue weighted by Gasteiger charge is -2.25. The van der Waals surface area contributed by atoms with Gasteiger partial charge in [0.1, 0.15) is 5.82 Å². The highest BCUT2D eigenvalue weighted by molar-refractivity contribution is 5.30. The third-order valence-electron chi connectivity index (χ3n) is 3.57. The number of nitrogens with one attached hydrogen (secondary N) is 1. The van der Waals surface area contributed by atoms with E-state index in [-0.39, 0.29) is 11.0 Å². The van der Waals surface area contributed by atoms with E-state index in [2.05, 4.69) is 69.2 Å². The largest absolute Gasteiger partial charge is 0.306 e. The van der Waals surface area contributed by atoms with Crippen molar-refractivity contribution in [3.8, 4) is 0 Å². The van der Waals surface area contributed by atoms with Crippen LogP contribution < -0.4 is 5.32 Å². The van der Waals surface area contributed by atoms with Crippen molar-refractivity contribution in [3.05, 3.63) is 59.7 Å². The van der Waals surface area contributed by atoms with Crippen molar-refractivity contribution in [3.63, 3.8) is 0 Å². The second kappa shape index (κ2) is 5.94. The van der Waals surface area contributed by atoms with Crippen LogP contribution in [0.4, 0.5) is 0 Å². The van der Waals surface area contributed by atoms with E-state index in [1.54, 1.807) is 0 Å². The van der Waals surface area contributed by atoms with Gasteiger partial charge in [-0.3, -0.25) is 0 Å². The standard InChI is InChI=1S/C18H25N3/c1-17(2,3)20-13-15-11-12-19-16(21-15)18(4,5)14-9-7-6-8-10-14/h6-12,20H,13H2,1-5H3. The van der Waals surface area contributed by atoms with Crippen LogP contribution in [0.3, 0.4) is 0 Å². The van der Waals surface area contributed by atoms with Crippen molar-refractivity contribution in [2.75, 3.05) is 0 Å². The molecule has 0 radical (unpaired) electrons. The van der Waals surface area contributed by atoms with Crippen molar-refractivity contribution in [2.24, 2.45) is 0 Å². The fourth-order valence-corrected chi connectivity index (χ4v) is 2.14. The Morgan fingerprint density at radius 2 is 1.62 bits per heavy atom. The highest BCUT2D eigenvalue weighted by Gasteiger charge is 2.26. The summed E-state index contributed by atoms with van der Waals surface area (Å²) in [6.45, 7) is 11.6. The first-order valence-corrected chi connectivity index (χ1v) is 7.42. The van der Waals surface area contributed by atoms with E-state index in [0.717, 1.165) is 18.1 Å². The molecular weight excluding hydrogens is 258 g/mol. The summed E-state index contributed by atoms with van der Waals surface area (Å²) in [6, 6.07) is 12.4. The summed E-state index contributed by atoms with van der Waals surface area (Å²) in [5, 5.41) is 3.47. The second-order valence-corrected chi connectivity index (χ2v) is 6.97. The minimum Gasteiger partial charge on any atom is -0.306 e. The molecule has 0 aliphatic rings. The van der Waals surface area contributed by atoms with Gasteiger partial charge in [-0.05, 0) is 46.2 Å². The van der Waals surface area contributed by atoms with E-state index >= 15 is 0 Å². The van der Waals surface area contributed by atoms with Gasteiger partial charge < -0.3 is 5.32 Å². The molecule has 2 rings (SSSR count). The molecule has 0 saturated heterocycles. The monoisotopic (exact) mass is 283 g/mol. The quantitative estimate of drug-likeness (QED) is 0.930. The minimum absolute atomic E-state index is 0.0834. The lowest BCUT2D eigenvalue weighted by Crippen LogP contribution is -2.35. The Morgan fingerprint density at radius 1 is 0.952 bits per heavy atom. The SMILES string of the molecule is CC(C)(C)NCc1ccnc(C(C)(C)c2ccccc2)n1. The van der Waals surface area contributed by atoms with Crippen LogP contribution in [0.15, 0.2) is 42.6 Å². The first kappa shape index (κ1) is 15.6. The number of hydrogen-bond acceptors (Lipinski definition) is 3. The number of nitrogens with zero attached hydrogens (tertiary/aromatic N) is 2. The predicted octanol–water partition coefficient (Wildman–Crippen LogP) is 3.69. The van der Waals surface area contributed by atoms with Gasteiger partial charge in [0, 0.05) is 23.7 Å². The number of rotatable bonds is 4. The number of hydrogen-bond donors (Lipinski definition) is 1. The molecule has 0 aliphatic carbocycles. The van der Waals surface area contributed by atoms with Gasteiger partial charge in [-0.15, -0.1) is 0 Å². The van der Waals surface area contributed by atoms with E-state index in [1.165, 1.54) is 5.56 Å². The normalized spacial score (nSPS) is 12.4. The Labute approximate surface area is 127 Å². The molecule has 0 aliphatic heterocycles. The van der Waals surface area contributed by atoms with Crippen LogP contribution in [0.25, 0.3) is 0 Å². The number of aromatic nitrogens is 2. The molecule has 0 fully saturated rings. The topological polar surface area (TPSA) is 37.8 Å². The van der Waals surface area contributed by atoms with Crippen LogP contribution in [-0.4, -0.2) is 15.5 Å². The van der Waals surface area contributed by atoms with Gasteiger partial charge in [0.2, 0.25) is 0 Å². The molecule has 1 N–H and O–H groups in total. The van der Waals surface area contributed by atoms with Crippen LogP contribution in [0.2, 0.25) is 0 Å². The van der Waals surface area contributed by atoms with Crippen LogP contribution in [-0.2, 0) is 12.0 Å². The summed E-state index contributed by atoms with van der Waals surface area (Å²) in [4.78, 5) is 9.24. The highest BCUT2D eigenvalue weighted by atomic mass is 15.0. The summed E-state index contributed by atoms with van der Waals surface area (Å²) < 4.78 is 0. The van der Waals surface area contributed by atoms with E-state index in [0.29, 0.717) is 0 Å². The Kier molecular flexibility index (Phi) is 4.43. The van der Waals surface area contributed by atoms with Crippen LogP contribution in [0.1, 0.15) is 51.7 Å². The fourth-order valence-electron chi connectivity index (χ4n) is 2.14. The van der Waals surface area contributed by atoms with E-state index in [9.17, 15) is 0 Å². The lowest BCUT2D eigenvalue weighted by atomic mass is 9.84. The zero-order valence-electron chi connectivity index (χ0n) is 13.6. The van der Waals surface area contributed by atoms with E-state index < -0.39 is 0 Å². The first-order chi connectivity index (χ1) is 9.79. The molecule has 1 aromatic heterocycles. The maximum atomic E-state index is 4.75. The minimum atomic E-state index is -0.195. The molecule has 3 heteroatoms. The van der Waals surface area contributed by atoms with Crippen molar-refractivity contribution in [2.45, 2.75) is 52.1 Å². The summed E-state index contributed by atoms with van der Waals surface area (Å²) in [5.41, 5.74) is 2.14. The third-order valence-corrected chi connectivity index (χ3v) is 3.57. The molecule has 0 atom stereocenters. The summed E-state index contributed by atoms with van der Waals surface area (Å²) in [5.74, 6) is 0.863. The average molecular weight is 283 g/mol. The molecule has 1 heterocycles.